The minimum Gasteiger partial charge on any atom is -0.312 e. The van der Waals surface area contributed by atoms with E-state index in [-0.39, 0.29) is 5.82 Å². The van der Waals surface area contributed by atoms with Crippen molar-refractivity contribution in [3.63, 3.8) is 0 Å². The number of aromatic nitrogens is 3. The number of hydrogen-bond donors (Lipinski definition) is 0. The van der Waals surface area contributed by atoms with E-state index in [1.54, 1.807) is 20.2 Å². The average Bonchev–Trinajstić information content (AvgIpc) is 2.73. The Morgan fingerprint density at radius 3 is 2.53 bits per heavy atom. The first kappa shape index (κ1) is 12.0. The third kappa shape index (κ3) is 2.47. The number of halogens is 2. The molecule has 0 aliphatic heterocycles. The molecular formula is C12H13ClFN3. The highest BCUT2D eigenvalue weighted by Gasteiger charge is 2.07. The normalized spacial score (nSPS) is 10.8. The molecule has 0 aliphatic rings. The molecule has 0 amide bonds. The van der Waals surface area contributed by atoms with Crippen LogP contribution in [0.4, 0.5) is 4.39 Å². The van der Waals surface area contributed by atoms with Crippen molar-refractivity contribution in [2.75, 3.05) is 0 Å². The highest BCUT2D eigenvalue weighted by molar-refractivity contribution is 6.16. The molecule has 3 nitrogen and oxygen atoms in total. The predicted octanol–water partition coefficient (Wildman–Crippen LogP) is 2.82. The van der Waals surface area contributed by atoms with Gasteiger partial charge in [-0.1, -0.05) is 12.1 Å². The smallest absolute Gasteiger partial charge is 0.148 e. The van der Waals surface area contributed by atoms with Gasteiger partial charge in [0.25, 0.3) is 0 Å². The Morgan fingerprint density at radius 2 is 1.94 bits per heavy atom. The molecule has 0 saturated heterocycles. The van der Waals surface area contributed by atoms with Crippen LogP contribution in [-0.2, 0) is 12.4 Å². The zero-order valence-corrected chi connectivity index (χ0v) is 10.5. The molecule has 1 aromatic heterocycles. The standard InChI is InChI=1S/C12H13ClFN3/c1-8-3-10(4-9(2)12(8)14)6-17-7-15-16-11(17)5-13/h3-4,7H,5-6H2,1-2H3. The van der Waals surface area contributed by atoms with Gasteiger partial charge >= 0.3 is 0 Å². The second-order valence-electron chi connectivity index (χ2n) is 4.05. The summed E-state index contributed by atoms with van der Waals surface area (Å²) < 4.78 is 15.3. The molecule has 0 saturated carbocycles. The third-order valence-electron chi connectivity index (χ3n) is 2.66. The van der Waals surface area contributed by atoms with Crippen molar-refractivity contribution in [2.45, 2.75) is 26.3 Å². The number of alkyl halides is 1. The molecule has 0 fully saturated rings. The molecular weight excluding hydrogens is 241 g/mol. The largest absolute Gasteiger partial charge is 0.312 e. The Morgan fingerprint density at radius 1 is 1.29 bits per heavy atom. The summed E-state index contributed by atoms with van der Waals surface area (Å²) in [6.07, 6.45) is 1.63. The quantitative estimate of drug-likeness (QED) is 0.788. The van der Waals surface area contributed by atoms with Gasteiger partial charge in [0, 0.05) is 0 Å². The Kier molecular flexibility index (Phi) is 3.43. The highest BCUT2D eigenvalue weighted by atomic mass is 35.5. The summed E-state index contributed by atoms with van der Waals surface area (Å²) in [7, 11) is 0. The number of aryl methyl sites for hydroxylation is 2. The summed E-state index contributed by atoms with van der Waals surface area (Å²) >= 11 is 5.74. The lowest BCUT2D eigenvalue weighted by atomic mass is 10.1. The lowest BCUT2D eigenvalue weighted by Gasteiger charge is -2.08. The van der Waals surface area contributed by atoms with Gasteiger partial charge in [-0.05, 0) is 30.5 Å². The number of rotatable bonds is 3. The summed E-state index contributed by atoms with van der Waals surface area (Å²) in [6, 6.07) is 3.67. The summed E-state index contributed by atoms with van der Waals surface area (Å²) in [5.74, 6) is 0.889. The zero-order valence-electron chi connectivity index (χ0n) is 9.74. The van der Waals surface area contributed by atoms with E-state index in [0.717, 1.165) is 5.56 Å². The third-order valence-corrected chi connectivity index (χ3v) is 2.90. The Hall–Kier alpha value is -1.42. The molecule has 5 heteroatoms. The molecule has 1 aromatic carbocycles. The van der Waals surface area contributed by atoms with E-state index >= 15 is 0 Å². The van der Waals surface area contributed by atoms with Crippen LogP contribution in [0, 0.1) is 19.7 Å². The first-order valence-corrected chi connectivity index (χ1v) is 5.83. The van der Waals surface area contributed by atoms with E-state index in [1.165, 1.54) is 0 Å². The Bertz CT molecular complexity index is 513. The second kappa shape index (κ2) is 4.84. The fourth-order valence-corrected chi connectivity index (χ4v) is 2.04. The van der Waals surface area contributed by atoms with E-state index in [4.69, 9.17) is 11.6 Å². The number of hydrogen-bond acceptors (Lipinski definition) is 2. The highest BCUT2D eigenvalue weighted by Crippen LogP contribution is 2.16. The molecule has 0 aliphatic carbocycles. The van der Waals surface area contributed by atoms with E-state index < -0.39 is 0 Å². The van der Waals surface area contributed by atoms with Crippen LogP contribution in [0.2, 0.25) is 0 Å². The van der Waals surface area contributed by atoms with Gasteiger partial charge in [0.2, 0.25) is 0 Å². The first-order chi connectivity index (χ1) is 8.11. The van der Waals surface area contributed by atoms with Crippen molar-refractivity contribution in [1.29, 1.82) is 0 Å². The van der Waals surface area contributed by atoms with Crippen LogP contribution in [0.3, 0.4) is 0 Å². The van der Waals surface area contributed by atoms with Crippen molar-refractivity contribution in [3.05, 3.63) is 46.8 Å². The van der Waals surface area contributed by atoms with Crippen molar-refractivity contribution >= 4 is 11.6 Å². The van der Waals surface area contributed by atoms with Gasteiger partial charge in [0.15, 0.2) is 0 Å². The molecule has 0 spiro atoms. The maximum atomic E-state index is 13.5. The van der Waals surface area contributed by atoms with Crippen molar-refractivity contribution in [1.82, 2.24) is 14.8 Å². The number of benzene rings is 1. The molecule has 0 bridgehead atoms. The van der Waals surface area contributed by atoms with Crippen LogP contribution in [-0.4, -0.2) is 14.8 Å². The maximum absolute atomic E-state index is 13.5. The SMILES string of the molecule is Cc1cc(Cn2cnnc2CCl)cc(C)c1F. The summed E-state index contributed by atoms with van der Waals surface area (Å²) in [5.41, 5.74) is 2.33. The van der Waals surface area contributed by atoms with E-state index in [2.05, 4.69) is 10.2 Å². The van der Waals surface area contributed by atoms with E-state index in [0.29, 0.717) is 29.4 Å². The lowest BCUT2D eigenvalue weighted by molar-refractivity contribution is 0.607. The number of nitrogens with zero attached hydrogens (tertiary/aromatic N) is 3. The molecule has 2 rings (SSSR count). The maximum Gasteiger partial charge on any atom is 0.148 e. The Labute approximate surface area is 104 Å². The molecule has 17 heavy (non-hydrogen) atoms. The monoisotopic (exact) mass is 253 g/mol. The van der Waals surface area contributed by atoms with Crippen LogP contribution >= 0.6 is 11.6 Å². The average molecular weight is 254 g/mol. The fraction of sp³-hybridized carbons (Fsp3) is 0.333. The zero-order chi connectivity index (χ0) is 12.4. The summed E-state index contributed by atoms with van der Waals surface area (Å²) in [5, 5.41) is 7.71. The minimum absolute atomic E-state index is 0.143. The second-order valence-corrected chi connectivity index (χ2v) is 4.32. The minimum atomic E-state index is -0.143. The molecule has 0 atom stereocenters. The van der Waals surface area contributed by atoms with Gasteiger partial charge in [0.1, 0.15) is 18.0 Å². The van der Waals surface area contributed by atoms with Crippen molar-refractivity contribution in [2.24, 2.45) is 0 Å². The van der Waals surface area contributed by atoms with E-state index in [9.17, 15) is 4.39 Å². The summed E-state index contributed by atoms with van der Waals surface area (Å²) in [4.78, 5) is 0. The van der Waals surface area contributed by atoms with E-state index in [1.807, 2.05) is 16.7 Å². The van der Waals surface area contributed by atoms with Crippen LogP contribution in [0.5, 0.6) is 0 Å². The molecule has 0 N–H and O–H groups in total. The van der Waals surface area contributed by atoms with Gasteiger partial charge in [-0.25, -0.2) is 4.39 Å². The fourth-order valence-electron chi connectivity index (χ4n) is 1.84. The first-order valence-electron chi connectivity index (χ1n) is 5.30. The molecule has 2 aromatic rings. The molecule has 0 unspecified atom stereocenters. The van der Waals surface area contributed by atoms with Crippen molar-refractivity contribution < 1.29 is 4.39 Å². The van der Waals surface area contributed by atoms with Crippen LogP contribution in [0.25, 0.3) is 0 Å². The van der Waals surface area contributed by atoms with Gasteiger partial charge in [-0.15, -0.1) is 21.8 Å². The van der Waals surface area contributed by atoms with Gasteiger partial charge in [-0.3, -0.25) is 0 Å². The summed E-state index contributed by atoms with van der Waals surface area (Å²) in [6.45, 7) is 4.14. The lowest BCUT2D eigenvalue weighted by Crippen LogP contribution is -2.04. The Balaban J connectivity index is 2.31. The molecule has 1 heterocycles. The molecule has 90 valence electrons. The topological polar surface area (TPSA) is 30.7 Å². The van der Waals surface area contributed by atoms with Crippen molar-refractivity contribution in [3.8, 4) is 0 Å². The van der Waals surface area contributed by atoms with Crippen LogP contribution in [0.1, 0.15) is 22.5 Å². The predicted molar refractivity (Wildman–Crippen MR) is 64.6 cm³/mol. The van der Waals surface area contributed by atoms with Gasteiger partial charge in [-0.2, -0.15) is 0 Å². The van der Waals surface area contributed by atoms with Gasteiger partial charge < -0.3 is 4.57 Å². The van der Waals surface area contributed by atoms with Gasteiger partial charge in [0.05, 0.1) is 12.4 Å². The molecule has 0 radical (unpaired) electrons. The van der Waals surface area contributed by atoms with Crippen LogP contribution < -0.4 is 0 Å². The van der Waals surface area contributed by atoms with Crippen LogP contribution in [0.15, 0.2) is 18.5 Å².